The van der Waals surface area contributed by atoms with E-state index in [4.69, 9.17) is 0 Å². The van der Waals surface area contributed by atoms with E-state index in [1.54, 1.807) is 11.3 Å². The normalized spacial score (nSPS) is 18.3. The third kappa shape index (κ3) is 4.62. The Labute approximate surface area is 141 Å². The lowest BCUT2D eigenvalue weighted by Crippen LogP contribution is -2.20. The predicted molar refractivity (Wildman–Crippen MR) is 94.7 cm³/mol. The van der Waals surface area contributed by atoms with Crippen LogP contribution in [0.1, 0.15) is 29.3 Å². The third-order valence-electron chi connectivity index (χ3n) is 4.23. The van der Waals surface area contributed by atoms with E-state index < -0.39 is 0 Å². The molecule has 0 bridgehead atoms. The van der Waals surface area contributed by atoms with Gasteiger partial charge in [-0.2, -0.15) is 0 Å². The average Bonchev–Trinajstić information content (AvgIpc) is 3.11. The lowest BCUT2D eigenvalue weighted by atomic mass is 9.98. The summed E-state index contributed by atoms with van der Waals surface area (Å²) in [5.41, 5.74) is 2.76. The van der Waals surface area contributed by atoms with E-state index in [0.29, 0.717) is 5.13 Å². The Kier molecular flexibility index (Phi) is 5.08. The zero-order valence-electron chi connectivity index (χ0n) is 13.7. The first-order valence-corrected chi connectivity index (χ1v) is 8.90. The van der Waals surface area contributed by atoms with Crippen LogP contribution in [0, 0.1) is 12.8 Å². The molecule has 1 fully saturated rings. The molecule has 2 heterocycles. The smallest absolute Gasteiger partial charge is 0.223 e. The molecule has 1 N–H and O–H groups in total. The number of hydrogen-bond acceptors (Lipinski definition) is 4. The van der Waals surface area contributed by atoms with Crippen molar-refractivity contribution in [3.05, 3.63) is 46.5 Å². The molecule has 1 unspecified atom stereocenters. The first kappa shape index (κ1) is 16.1. The zero-order chi connectivity index (χ0) is 16.2. The summed E-state index contributed by atoms with van der Waals surface area (Å²) in [5.74, 6) is 0.672. The first-order valence-electron chi connectivity index (χ1n) is 8.08. The molecule has 0 radical (unpaired) electrons. The van der Waals surface area contributed by atoms with Gasteiger partial charge in [-0.25, -0.2) is 4.98 Å². The van der Waals surface area contributed by atoms with Gasteiger partial charge >= 0.3 is 0 Å². The van der Waals surface area contributed by atoms with Crippen LogP contribution in [0.4, 0.5) is 5.13 Å². The van der Waals surface area contributed by atoms with Crippen molar-refractivity contribution < 1.29 is 4.79 Å². The lowest BCUT2D eigenvalue weighted by molar-refractivity contribution is -0.114. The quantitative estimate of drug-likeness (QED) is 0.913. The predicted octanol–water partition coefficient (Wildman–Crippen LogP) is 3.47. The van der Waals surface area contributed by atoms with Crippen LogP contribution in [-0.4, -0.2) is 28.9 Å². The topological polar surface area (TPSA) is 45.2 Å². The molecule has 5 heteroatoms. The van der Waals surface area contributed by atoms with E-state index in [0.717, 1.165) is 32.0 Å². The number of thiazole rings is 1. The second kappa shape index (κ2) is 7.23. The molecule has 2 aromatic rings. The highest BCUT2D eigenvalue weighted by molar-refractivity contribution is 7.15. The summed E-state index contributed by atoms with van der Waals surface area (Å²) >= 11 is 1.57. The van der Waals surface area contributed by atoms with Crippen molar-refractivity contribution in [2.75, 3.05) is 18.4 Å². The minimum atomic E-state index is -0.0646. The number of amides is 1. The molecule has 23 heavy (non-hydrogen) atoms. The molecule has 1 atom stereocenters. The van der Waals surface area contributed by atoms with E-state index in [2.05, 4.69) is 46.4 Å². The van der Waals surface area contributed by atoms with Gasteiger partial charge < -0.3 is 5.32 Å². The van der Waals surface area contributed by atoms with Crippen LogP contribution in [0.15, 0.2) is 30.5 Å². The monoisotopic (exact) mass is 329 g/mol. The van der Waals surface area contributed by atoms with E-state index in [1.165, 1.54) is 29.3 Å². The number of benzene rings is 1. The molecule has 1 saturated heterocycles. The van der Waals surface area contributed by atoms with Gasteiger partial charge in [-0.15, -0.1) is 11.3 Å². The Morgan fingerprint density at radius 2 is 2.17 bits per heavy atom. The van der Waals surface area contributed by atoms with Crippen molar-refractivity contribution >= 4 is 22.4 Å². The van der Waals surface area contributed by atoms with Gasteiger partial charge in [0.15, 0.2) is 5.13 Å². The molecule has 0 saturated carbocycles. The van der Waals surface area contributed by atoms with Crippen molar-refractivity contribution in [3.8, 4) is 0 Å². The largest absolute Gasteiger partial charge is 0.302 e. The molecule has 1 aromatic carbocycles. The molecule has 4 nitrogen and oxygen atoms in total. The first-order chi connectivity index (χ1) is 11.1. The van der Waals surface area contributed by atoms with Crippen LogP contribution in [0.2, 0.25) is 0 Å². The molecule has 122 valence electrons. The minimum absolute atomic E-state index is 0.0646. The Morgan fingerprint density at radius 1 is 1.39 bits per heavy atom. The Balaban J connectivity index is 1.50. The molecule has 1 aliphatic heterocycles. The number of likely N-dealkylation sites (tertiary alicyclic amines) is 1. The van der Waals surface area contributed by atoms with Crippen LogP contribution in [0.5, 0.6) is 0 Å². The van der Waals surface area contributed by atoms with Gasteiger partial charge in [-0.3, -0.25) is 9.69 Å². The van der Waals surface area contributed by atoms with Crippen LogP contribution in [-0.2, 0) is 17.8 Å². The fraction of sp³-hybridized carbons (Fsp3) is 0.444. The van der Waals surface area contributed by atoms with Crippen molar-refractivity contribution in [1.82, 2.24) is 9.88 Å². The van der Waals surface area contributed by atoms with E-state index in [1.807, 2.05) is 6.20 Å². The molecule has 0 spiro atoms. The minimum Gasteiger partial charge on any atom is -0.302 e. The van der Waals surface area contributed by atoms with E-state index >= 15 is 0 Å². The SMILES string of the molecule is CC(=O)Nc1ncc(CN2CCC(Cc3ccc(C)cc3)C2)s1. The zero-order valence-corrected chi connectivity index (χ0v) is 14.5. The van der Waals surface area contributed by atoms with Gasteiger partial charge in [0.2, 0.25) is 5.91 Å². The number of aryl methyl sites for hydroxylation is 1. The van der Waals surface area contributed by atoms with E-state index in [-0.39, 0.29) is 5.91 Å². The number of carbonyl (C=O) groups excluding carboxylic acids is 1. The Morgan fingerprint density at radius 3 is 2.91 bits per heavy atom. The van der Waals surface area contributed by atoms with Crippen LogP contribution >= 0.6 is 11.3 Å². The highest BCUT2D eigenvalue weighted by Gasteiger charge is 2.23. The molecule has 1 aliphatic rings. The molecule has 1 aromatic heterocycles. The van der Waals surface area contributed by atoms with Crippen LogP contribution in [0.25, 0.3) is 0 Å². The van der Waals surface area contributed by atoms with Gasteiger partial charge in [0.25, 0.3) is 0 Å². The van der Waals surface area contributed by atoms with Crippen LogP contribution in [0.3, 0.4) is 0 Å². The van der Waals surface area contributed by atoms with Gasteiger partial charge in [-0.05, 0) is 37.8 Å². The number of rotatable bonds is 5. The fourth-order valence-electron chi connectivity index (χ4n) is 3.09. The Bertz CT molecular complexity index is 665. The molecular weight excluding hydrogens is 306 g/mol. The maximum Gasteiger partial charge on any atom is 0.223 e. The van der Waals surface area contributed by atoms with Crippen LogP contribution < -0.4 is 5.32 Å². The summed E-state index contributed by atoms with van der Waals surface area (Å²) in [6.45, 7) is 6.86. The summed E-state index contributed by atoms with van der Waals surface area (Å²) in [7, 11) is 0. The van der Waals surface area contributed by atoms with Crippen molar-refractivity contribution in [2.24, 2.45) is 5.92 Å². The lowest BCUT2D eigenvalue weighted by Gasteiger charge is -2.14. The molecule has 3 rings (SSSR count). The molecule has 0 aliphatic carbocycles. The summed E-state index contributed by atoms with van der Waals surface area (Å²) in [6.07, 6.45) is 4.30. The fourth-order valence-corrected chi connectivity index (χ4v) is 3.99. The van der Waals surface area contributed by atoms with Gasteiger partial charge in [0.1, 0.15) is 0 Å². The number of nitrogens with zero attached hydrogens (tertiary/aromatic N) is 2. The molecule has 1 amide bonds. The van der Waals surface area contributed by atoms with Gasteiger partial charge in [0, 0.05) is 31.1 Å². The summed E-state index contributed by atoms with van der Waals surface area (Å²) in [4.78, 5) is 19.0. The maximum absolute atomic E-state index is 11.0. The van der Waals surface area contributed by atoms with E-state index in [9.17, 15) is 4.79 Å². The summed E-state index contributed by atoms with van der Waals surface area (Å²) in [5, 5.41) is 3.44. The summed E-state index contributed by atoms with van der Waals surface area (Å²) < 4.78 is 0. The second-order valence-electron chi connectivity index (χ2n) is 6.39. The van der Waals surface area contributed by atoms with Crippen molar-refractivity contribution in [3.63, 3.8) is 0 Å². The number of anilines is 1. The highest BCUT2D eigenvalue weighted by Crippen LogP contribution is 2.25. The Hall–Kier alpha value is -1.72. The standard InChI is InChI=1S/C18H23N3OS/c1-13-3-5-15(6-4-13)9-16-7-8-21(11-16)12-17-10-19-18(23-17)20-14(2)22/h3-6,10,16H,7-9,11-12H2,1-2H3,(H,19,20,22). The molecular formula is C18H23N3OS. The number of aromatic nitrogens is 1. The number of hydrogen-bond donors (Lipinski definition) is 1. The average molecular weight is 329 g/mol. The highest BCUT2D eigenvalue weighted by atomic mass is 32.1. The van der Waals surface area contributed by atoms with Crippen molar-refractivity contribution in [2.45, 2.75) is 33.2 Å². The van der Waals surface area contributed by atoms with Gasteiger partial charge in [0.05, 0.1) is 0 Å². The second-order valence-corrected chi connectivity index (χ2v) is 7.51. The van der Waals surface area contributed by atoms with Gasteiger partial charge in [-0.1, -0.05) is 29.8 Å². The maximum atomic E-state index is 11.0. The summed E-state index contributed by atoms with van der Waals surface area (Å²) in [6, 6.07) is 8.90. The number of carbonyl (C=O) groups is 1. The number of nitrogens with one attached hydrogen (secondary N) is 1. The van der Waals surface area contributed by atoms with Crippen molar-refractivity contribution in [1.29, 1.82) is 0 Å². The third-order valence-corrected chi connectivity index (χ3v) is 5.13.